The van der Waals surface area contributed by atoms with Crippen LogP contribution in [0.25, 0.3) is 21.8 Å². The molecule has 0 aliphatic carbocycles. The summed E-state index contributed by atoms with van der Waals surface area (Å²) in [6.45, 7) is 5.03. The number of hydrogen-bond donors (Lipinski definition) is 4. The van der Waals surface area contributed by atoms with E-state index in [0.29, 0.717) is 6.54 Å². The van der Waals surface area contributed by atoms with E-state index in [1.165, 1.54) is 10.9 Å². The fourth-order valence-corrected chi connectivity index (χ4v) is 3.64. The second-order valence-electron chi connectivity index (χ2n) is 7.96. The molecule has 0 saturated carbocycles. The summed E-state index contributed by atoms with van der Waals surface area (Å²) in [6.07, 6.45) is 4.25. The van der Waals surface area contributed by atoms with Gasteiger partial charge < -0.3 is 25.1 Å². The summed E-state index contributed by atoms with van der Waals surface area (Å²) in [5, 5.41) is 16.2. The van der Waals surface area contributed by atoms with Crippen molar-refractivity contribution in [3.05, 3.63) is 66.5 Å². The zero-order valence-corrected chi connectivity index (χ0v) is 16.3. The van der Waals surface area contributed by atoms with Crippen molar-refractivity contribution in [2.75, 3.05) is 13.2 Å². The molecule has 0 aliphatic rings. The number of nitrogens with one attached hydrogen (secondary N) is 3. The van der Waals surface area contributed by atoms with E-state index in [9.17, 15) is 5.11 Å². The molecule has 0 saturated heterocycles. The number of benzene rings is 2. The minimum Gasteiger partial charge on any atom is -0.490 e. The van der Waals surface area contributed by atoms with Gasteiger partial charge in [0.2, 0.25) is 0 Å². The molecule has 0 unspecified atom stereocenters. The quantitative estimate of drug-likeness (QED) is 0.375. The van der Waals surface area contributed by atoms with E-state index in [-0.39, 0.29) is 12.1 Å². The van der Waals surface area contributed by atoms with Gasteiger partial charge in [0.25, 0.3) is 0 Å². The van der Waals surface area contributed by atoms with Crippen LogP contribution in [0.1, 0.15) is 19.4 Å². The highest BCUT2D eigenvalue weighted by atomic mass is 16.5. The van der Waals surface area contributed by atoms with E-state index in [4.69, 9.17) is 4.74 Å². The van der Waals surface area contributed by atoms with Crippen LogP contribution >= 0.6 is 0 Å². The number of aliphatic hydroxyl groups excluding tert-OH is 1. The first-order valence-corrected chi connectivity index (χ1v) is 9.69. The number of para-hydroxylation sites is 1. The van der Waals surface area contributed by atoms with Crippen molar-refractivity contribution in [3.8, 4) is 5.75 Å². The number of fused-ring (bicyclic) bond motifs is 2. The first-order chi connectivity index (χ1) is 13.5. The summed E-state index contributed by atoms with van der Waals surface area (Å²) < 4.78 is 5.85. The number of hydrogen-bond acceptors (Lipinski definition) is 3. The van der Waals surface area contributed by atoms with Crippen molar-refractivity contribution in [2.24, 2.45) is 0 Å². The summed E-state index contributed by atoms with van der Waals surface area (Å²) in [6, 6.07) is 16.2. The predicted molar refractivity (Wildman–Crippen MR) is 114 cm³/mol. The fraction of sp³-hybridized carbons (Fsp3) is 0.304. The lowest BCUT2D eigenvalue weighted by Gasteiger charge is -2.28. The minimum atomic E-state index is -0.587. The van der Waals surface area contributed by atoms with Crippen molar-refractivity contribution >= 4 is 21.8 Å². The maximum Gasteiger partial charge on any atom is 0.128 e. The van der Waals surface area contributed by atoms with Crippen LogP contribution in [-0.2, 0) is 6.42 Å². The zero-order chi connectivity index (χ0) is 19.6. The fourth-order valence-electron chi connectivity index (χ4n) is 3.64. The van der Waals surface area contributed by atoms with Gasteiger partial charge in [-0.1, -0.05) is 24.3 Å². The molecule has 2 aromatic heterocycles. The zero-order valence-electron chi connectivity index (χ0n) is 16.3. The highest BCUT2D eigenvalue weighted by Gasteiger charge is 2.21. The van der Waals surface area contributed by atoms with E-state index in [1.54, 1.807) is 0 Å². The molecular formula is C23H27N3O2. The SMILES string of the molecule is CC(C)(Cc1c[nH]c2ccccc12)NC[C@@H](O)COc1cccc2[nH]ccc12. The Hall–Kier alpha value is -2.76. The van der Waals surface area contributed by atoms with Crippen molar-refractivity contribution in [3.63, 3.8) is 0 Å². The number of aliphatic hydroxyl groups is 1. The van der Waals surface area contributed by atoms with Crippen LogP contribution < -0.4 is 10.1 Å². The standard InChI is InChI=1S/C23H27N3O2/c1-23(2,12-16-13-25-20-7-4-3-6-18(16)20)26-14-17(27)15-28-22-9-5-8-21-19(22)10-11-24-21/h3-11,13,17,24-27H,12,14-15H2,1-2H3/t17-/m1/s1. The van der Waals surface area contributed by atoms with Gasteiger partial charge in [-0.15, -0.1) is 0 Å². The van der Waals surface area contributed by atoms with Gasteiger partial charge in [-0.3, -0.25) is 0 Å². The molecule has 0 radical (unpaired) electrons. The molecule has 0 amide bonds. The normalized spacial score (nSPS) is 13.2. The Bertz CT molecular complexity index is 1060. The second kappa shape index (κ2) is 7.70. The van der Waals surface area contributed by atoms with E-state index in [2.05, 4.69) is 53.5 Å². The Morgan fingerprint density at radius 3 is 2.68 bits per heavy atom. The summed E-state index contributed by atoms with van der Waals surface area (Å²) in [4.78, 5) is 6.50. The van der Waals surface area contributed by atoms with Crippen molar-refractivity contribution < 1.29 is 9.84 Å². The number of aromatic nitrogens is 2. The van der Waals surface area contributed by atoms with Crippen LogP contribution in [0.2, 0.25) is 0 Å². The van der Waals surface area contributed by atoms with Gasteiger partial charge >= 0.3 is 0 Å². The highest BCUT2D eigenvalue weighted by molar-refractivity contribution is 5.85. The average Bonchev–Trinajstić information content (AvgIpc) is 3.32. The third-order valence-electron chi connectivity index (χ3n) is 5.11. The molecule has 2 aromatic carbocycles. The summed E-state index contributed by atoms with van der Waals surface area (Å²) in [7, 11) is 0. The molecule has 2 heterocycles. The molecule has 0 bridgehead atoms. The maximum absolute atomic E-state index is 10.4. The summed E-state index contributed by atoms with van der Waals surface area (Å²) in [5.41, 5.74) is 3.32. The molecule has 0 spiro atoms. The third kappa shape index (κ3) is 4.06. The third-order valence-corrected chi connectivity index (χ3v) is 5.11. The van der Waals surface area contributed by atoms with Gasteiger partial charge in [-0.05, 0) is 50.1 Å². The summed E-state index contributed by atoms with van der Waals surface area (Å²) >= 11 is 0. The van der Waals surface area contributed by atoms with Crippen LogP contribution in [0.3, 0.4) is 0 Å². The molecule has 0 aliphatic heterocycles. The lowest BCUT2D eigenvalue weighted by atomic mass is 9.94. The van der Waals surface area contributed by atoms with Gasteiger partial charge in [0.05, 0.1) is 0 Å². The van der Waals surface area contributed by atoms with Gasteiger partial charge in [-0.2, -0.15) is 0 Å². The van der Waals surface area contributed by atoms with Crippen molar-refractivity contribution in [1.82, 2.24) is 15.3 Å². The Morgan fingerprint density at radius 2 is 1.79 bits per heavy atom. The molecule has 5 nitrogen and oxygen atoms in total. The molecule has 5 heteroatoms. The van der Waals surface area contributed by atoms with Crippen LogP contribution in [-0.4, -0.2) is 39.9 Å². The molecule has 1 atom stereocenters. The number of ether oxygens (including phenoxy) is 1. The average molecular weight is 377 g/mol. The molecular weight excluding hydrogens is 350 g/mol. The molecule has 146 valence electrons. The number of rotatable bonds is 8. The Labute approximate surface area is 164 Å². The smallest absolute Gasteiger partial charge is 0.128 e. The monoisotopic (exact) mass is 377 g/mol. The molecule has 28 heavy (non-hydrogen) atoms. The highest BCUT2D eigenvalue weighted by Crippen LogP contribution is 2.25. The van der Waals surface area contributed by atoms with Crippen LogP contribution in [0.15, 0.2) is 60.9 Å². The van der Waals surface area contributed by atoms with Gasteiger partial charge in [0, 0.05) is 46.3 Å². The first-order valence-electron chi connectivity index (χ1n) is 9.69. The molecule has 4 N–H and O–H groups in total. The first kappa shape index (κ1) is 18.6. The summed E-state index contributed by atoms with van der Waals surface area (Å²) in [5.74, 6) is 0.788. The number of aromatic amines is 2. The Morgan fingerprint density at radius 1 is 1.00 bits per heavy atom. The van der Waals surface area contributed by atoms with E-state index < -0.39 is 6.10 Å². The Kier molecular flexibility index (Phi) is 5.11. The Balaban J connectivity index is 1.32. The molecule has 4 rings (SSSR count). The molecule has 4 aromatic rings. The van der Waals surface area contributed by atoms with Crippen LogP contribution in [0, 0.1) is 0 Å². The van der Waals surface area contributed by atoms with Gasteiger partial charge in [0.15, 0.2) is 0 Å². The van der Waals surface area contributed by atoms with Gasteiger partial charge in [-0.25, -0.2) is 0 Å². The van der Waals surface area contributed by atoms with Gasteiger partial charge in [0.1, 0.15) is 18.5 Å². The van der Waals surface area contributed by atoms with Crippen LogP contribution in [0.5, 0.6) is 5.75 Å². The topological polar surface area (TPSA) is 73.1 Å². The lowest BCUT2D eigenvalue weighted by molar-refractivity contribution is 0.0996. The largest absolute Gasteiger partial charge is 0.490 e. The maximum atomic E-state index is 10.4. The van der Waals surface area contributed by atoms with Crippen LogP contribution in [0.4, 0.5) is 0 Å². The predicted octanol–water partition coefficient (Wildman–Crippen LogP) is 4.00. The molecule has 0 fully saturated rings. The number of β-amino-alcohol motifs (C(OH)–C–C–N with tert-alkyl or cyclic N) is 1. The van der Waals surface area contributed by atoms with E-state index in [0.717, 1.165) is 28.6 Å². The van der Waals surface area contributed by atoms with Crippen molar-refractivity contribution in [1.29, 1.82) is 0 Å². The second-order valence-corrected chi connectivity index (χ2v) is 7.96. The lowest BCUT2D eigenvalue weighted by Crippen LogP contribution is -2.46. The van der Waals surface area contributed by atoms with E-state index in [1.807, 2.05) is 36.5 Å². The number of H-pyrrole nitrogens is 2. The van der Waals surface area contributed by atoms with Crippen molar-refractivity contribution in [2.45, 2.75) is 31.9 Å². The minimum absolute atomic E-state index is 0.146. The van der Waals surface area contributed by atoms with E-state index >= 15 is 0 Å².